The fraction of sp³-hybridized carbons (Fsp3) is 0.231. The van der Waals surface area contributed by atoms with Crippen molar-refractivity contribution in [3.05, 3.63) is 35.8 Å². The summed E-state index contributed by atoms with van der Waals surface area (Å²) < 4.78 is 5.13. The first-order valence-corrected chi connectivity index (χ1v) is 6.68. The molecule has 100 valence electrons. The predicted octanol–water partition coefficient (Wildman–Crippen LogP) is 2.59. The zero-order chi connectivity index (χ0) is 13.7. The Bertz CT molecular complexity index is 543. The first-order chi connectivity index (χ1) is 9.19. The van der Waals surface area contributed by atoms with Gasteiger partial charge >= 0.3 is 0 Å². The number of aromatic nitrogens is 1. The Balaban J connectivity index is 1.96. The van der Waals surface area contributed by atoms with E-state index in [0.717, 1.165) is 11.4 Å². The molecule has 0 bridgehead atoms. The molecule has 1 heterocycles. The molecule has 1 amide bonds. The number of benzene rings is 1. The Morgan fingerprint density at radius 1 is 1.47 bits per heavy atom. The zero-order valence-corrected chi connectivity index (χ0v) is 11.5. The lowest BCUT2D eigenvalue weighted by molar-refractivity contribution is -0.116. The number of carbonyl (C=O) groups is 1. The van der Waals surface area contributed by atoms with E-state index >= 15 is 0 Å². The Labute approximate surface area is 115 Å². The van der Waals surface area contributed by atoms with Gasteiger partial charge in [0.25, 0.3) is 0 Å². The van der Waals surface area contributed by atoms with Gasteiger partial charge in [0.2, 0.25) is 5.91 Å². The van der Waals surface area contributed by atoms with Gasteiger partial charge in [-0.15, -0.1) is 11.3 Å². The van der Waals surface area contributed by atoms with Crippen LogP contribution in [0.4, 0.5) is 10.8 Å². The van der Waals surface area contributed by atoms with Crippen molar-refractivity contribution in [2.45, 2.75) is 13.0 Å². The van der Waals surface area contributed by atoms with Crippen LogP contribution in [-0.2, 0) is 4.79 Å². The molecule has 19 heavy (non-hydrogen) atoms. The second kappa shape index (κ2) is 6.19. The quantitative estimate of drug-likeness (QED) is 0.881. The van der Waals surface area contributed by atoms with Crippen molar-refractivity contribution < 1.29 is 9.53 Å². The van der Waals surface area contributed by atoms with E-state index in [1.54, 1.807) is 20.2 Å². The monoisotopic (exact) mass is 277 g/mol. The number of nitrogens with zero attached hydrogens (tertiary/aromatic N) is 1. The Hall–Kier alpha value is -2.08. The lowest BCUT2D eigenvalue weighted by Gasteiger charge is -2.14. The molecule has 1 aromatic carbocycles. The van der Waals surface area contributed by atoms with E-state index in [1.165, 1.54) is 11.3 Å². The van der Waals surface area contributed by atoms with Crippen LogP contribution in [0.25, 0.3) is 0 Å². The number of thiazole rings is 1. The van der Waals surface area contributed by atoms with Gasteiger partial charge in [-0.1, -0.05) is 6.07 Å². The fourth-order valence-electron chi connectivity index (χ4n) is 1.53. The van der Waals surface area contributed by atoms with Crippen LogP contribution in [0.1, 0.15) is 6.92 Å². The maximum absolute atomic E-state index is 11.9. The molecular formula is C13H15N3O2S. The molecule has 0 radical (unpaired) electrons. The number of hydrogen-bond donors (Lipinski definition) is 2. The van der Waals surface area contributed by atoms with Crippen molar-refractivity contribution in [2.24, 2.45) is 0 Å². The van der Waals surface area contributed by atoms with Gasteiger partial charge in [-0.3, -0.25) is 4.79 Å². The van der Waals surface area contributed by atoms with E-state index in [4.69, 9.17) is 4.74 Å². The van der Waals surface area contributed by atoms with E-state index < -0.39 is 0 Å². The summed E-state index contributed by atoms with van der Waals surface area (Å²) in [6.45, 7) is 1.79. The SMILES string of the molecule is COc1cccc(N[C@@H](C)C(=O)Nc2nccs2)c1. The number of nitrogens with one attached hydrogen (secondary N) is 2. The van der Waals surface area contributed by atoms with E-state index in [1.807, 2.05) is 29.6 Å². The van der Waals surface area contributed by atoms with Gasteiger partial charge in [-0.25, -0.2) is 4.98 Å². The van der Waals surface area contributed by atoms with Crippen molar-refractivity contribution in [2.75, 3.05) is 17.7 Å². The highest BCUT2D eigenvalue weighted by molar-refractivity contribution is 7.13. The highest BCUT2D eigenvalue weighted by Gasteiger charge is 2.13. The molecule has 1 atom stereocenters. The number of rotatable bonds is 5. The van der Waals surface area contributed by atoms with Crippen LogP contribution >= 0.6 is 11.3 Å². The number of amides is 1. The molecular weight excluding hydrogens is 262 g/mol. The maximum Gasteiger partial charge on any atom is 0.248 e. The summed E-state index contributed by atoms with van der Waals surface area (Å²) in [4.78, 5) is 15.9. The third-order valence-corrected chi connectivity index (χ3v) is 3.20. The second-order valence-corrected chi connectivity index (χ2v) is 4.82. The molecule has 2 N–H and O–H groups in total. The van der Waals surface area contributed by atoms with E-state index in [2.05, 4.69) is 15.6 Å². The van der Waals surface area contributed by atoms with Crippen LogP contribution in [0.2, 0.25) is 0 Å². The molecule has 0 saturated carbocycles. The molecule has 0 aliphatic carbocycles. The minimum Gasteiger partial charge on any atom is -0.497 e. The van der Waals surface area contributed by atoms with Gasteiger partial charge < -0.3 is 15.4 Å². The molecule has 1 aromatic heterocycles. The normalized spacial score (nSPS) is 11.7. The molecule has 0 spiro atoms. The Morgan fingerprint density at radius 3 is 3.00 bits per heavy atom. The minimum atomic E-state index is -0.365. The average Bonchev–Trinajstić information content (AvgIpc) is 2.91. The number of anilines is 2. The molecule has 0 aliphatic heterocycles. The summed E-state index contributed by atoms with van der Waals surface area (Å²) in [6.07, 6.45) is 1.65. The molecule has 5 nitrogen and oxygen atoms in total. The lowest BCUT2D eigenvalue weighted by Crippen LogP contribution is -2.31. The van der Waals surface area contributed by atoms with Gasteiger partial charge in [0, 0.05) is 23.3 Å². The van der Waals surface area contributed by atoms with Crippen LogP contribution < -0.4 is 15.4 Å². The molecule has 0 unspecified atom stereocenters. The molecule has 0 fully saturated rings. The predicted molar refractivity (Wildman–Crippen MR) is 76.8 cm³/mol. The van der Waals surface area contributed by atoms with Crippen molar-refractivity contribution in [3.63, 3.8) is 0 Å². The van der Waals surface area contributed by atoms with Gasteiger partial charge in [-0.2, -0.15) is 0 Å². The number of carbonyl (C=O) groups excluding carboxylic acids is 1. The van der Waals surface area contributed by atoms with Crippen LogP contribution in [0.3, 0.4) is 0 Å². The largest absolute Gasteiger partial charge is 0.497 e. The topological polar surface area (TPSA) is 63.2 Å². The maximum atomic E-state index is 11.9. The minimum absolute atomic E-state index is 0.127. The number of methoxy groups -OCH3 is 1. The van der Waals surface area contributed by atoms with Crippen LogP contribution in [-0.4, -0.2) is 24.0 Å². The molecule has 6 heteroatoms. The van der Waals surface area contributed by atoms with Gasteiger partial charge in [0.1, 0.15) is 11.8 Å². The summed E-state index contributed by atoms with van der Waals surface area (Å²) in [5.41, 5.74) is 0.834. The summed E-state index contributed by atoms with van der Waals surface area (Å²) in [5, 5.41) is 8.28. The van der Waals surface area contributed by atoms with Crippen LogP contribution in [0, 0.1) is 0 Å². The van der Waals surface area contributed by atoms with Crippen molar-refractivity contribution in [1.82, 2.24) is 4.98 Å². The summed E-state index contributed by atoms with van der Waals surface area (Å²) in [5.74, 6) is 0.621. The number of ether oxygens (including phenoxy) is 1. The third-order valence-electron chi connectivity index (χ3n) is 2.51. The molecule has 2 aromatic rings. The molecule has 2 rings (SSSR count). The fourth-order valence-corrected chi connectivity index (χ4v) is 2.06. The molecule has 0 saturated heterocycles. The van der Waals surface area contributed by atoms with E-state index in [9.17, 15) is 4.79 Å². The van der Waals surface area contributed by atoms with Crippen molar-refractivity contribution in [1.29, 1.82) is 0 Å². The smallest absolute Gasteiger partial charge is 0.248 e. The highest BCUT2D eigenvalue weighted by Crippen LogP contribution is 2.18. The zero-order valence-electron chi connectivity index (χ0n) is 10.7. The summed E-state index contributed by atoms with van der Waals surface area (Å²) in [7, 11) is 1.61. The van der Waals surface area contributed by atoms with Crippen molar-refractivity contribution >= 4 is 28.1 Å². The van der Waals surface area contributed by atoms with Crippen molar-refractivity contribution in [3.8, 4) is 5.75 Å². The summed E-state index contributed by atoms with van der Waals surface area (Å²) in [6, 6.07) is 7.08. The first-order valence-electron chi connectivity index (χ1n) is 5.80. The Morgan fingerprint density at radius 2 is 2.32 bits per heavy atom. The lowest BCUT2D eigenvalue weighted by atomic mass is 10.2. The molecule has 0 aliphatic rings. The van der Waals surface area contributed by atoms with Gasteiger partial charge in [0.15, 0.2) is 5.13 Å². The standard InChI is InChI=1S/C13H15N3O2S/c1-9(12(17)16-13-14-6-7-19-13)15-10-4-3-5-11(8-10)18-2/h3-9,15H,1-2H3,(H,14,16,17)/t9-/m0/s1. The average molecular weight is 277 g/mol. The van der Waals surface area contributed by atoms with Gasteiger partial charge in [-0.05, 0) is 19.1 Å². The van der Waals surface area contributed by atoms with E-state index in [-0.39, 0.29) is 11.9 Å². The van der Waals surface area contributed by atoms with Gasteiger partial charge in [0.05, 0.1) is 7.11 Å². The summed E-state index contributed by atoms with van der Waals surface area (Å²) >= 11 is 1.39. The highest BCUT2D eigenvalue weighted by atomic mass is 32.1. The second-order valence-electron chi connectivity index (χ2n) is 3.92. The number of hydrogen-bond acceptors (Lipinski definition) is 5. The van der Waals surface area contributed by atoms with Crippen LogP contribution in [0.15, 0.2) is 35.8 Å². The third kappa shape index (κ3) is 3.69. The van der Waals surface area contributed by atoms with Crippen LogP contribution in [0.5, 0.6) is 5.75 Å². The first kappa shape index (κ1) is 13.4. The van der Waals surface area contributed by atoms with E-state index in [0.29, 0.717) is 5.13 Å². The Kier molecular flexibility index (Phi) is 4.35.